The Hall–Kier alpha value is 0.177. The fourth-order valence-electron chi connectivity index (χ4n) is 0.362. The highest BCUT2D eigenvalue weighted by Gasteiger charge is 1.76. The molecule has 0 radical (unpaired) electrons. The van der Waals surface area contributed by atoms with Crippen molar-refractivity contribution in [2.45, 2.75) is 18.9 Å². The van der Waals surface area contributed by atoms with Crippen LogP contribution in [-0.2, 0) is 0 Å². The summed E-state index contributed by atoms with van der Waals surface area (Å²) in [7, 11) is 1.29. The molecule has 1 nitrogen and oxygen atoms in total. The van der Waals surface area contributed by atoms with Crippen molar-refractivity contribution < 1.29 is 5.11 Å². The lowest BCUT2D eigenvalue weighted by atomic mass is 10.4. The Morgan fingerprint density at radius 1 is 1.33 bits per heavy atom. The molecule has 1 N–H and O–H groups in total. The van der Waals surface area contributed by atoms with Gasteiger partial charge in [-0.05, 0) is 6.42 Å². The summed E-state index contributed by atoms with van der Waals surface area (Å²) < 4.78 is 0. The Bertz CT molecular complexity index is 19.5. The molecule has 0 amide bonds. The Morgan fingerprint density at radius 3 is 2.17 bits per heavy atom. The van der Waals surface area contributed by atoms with Gasteiger partial charge in [-0.3, -0.25) is 0 Å². The summed E-state index contributed by atoms with van der Waals surface area (Å²) >= 11 is 0. The Kier molecular flexibility index (Phi) is 5.33. The maximum Gasteiger partial charge on any atom is 0.0430 e. The molecule has 0 aromatic carbocycles. The number of rotatable bonds is 3. The van der Waals surface area contributed by atoms with Gasteiger partial charge in [0.1, 0.15) is 0 Å². The summed E-state index contributed by atoms with van der Waals surface area (Å²) in [5, 5.41) is 8.21. The minimum Gasteiger partial charge on any atom is -0.396 e. The van der Waals surface area contributed by atoms with Gasteiger partial charge in [0.15, 0.2) is 0 Å². The van der Waals surface area contributed by atoms with Crippen LogP contribution in [-0.4, -0.2) is 22.0 Å². The van der Waals surface area contributed by atoms with Crippen LogP contribution in [0, 0.1) is 0 Å². The predicted octanol–water partition coefficient (Wildman–Crippen LogP) is -0.457. The van der Waals surface area contributed by atoms with Crippen LogP contribution in [0.1, 0.15) is 12.8 Å². The summed E-state index contributed by atoms with van der Waals surface area (Å²) in [5.74, 6) is 0. The molecule has 6 heavy (non-hydrogen) atoms. The van der Waals surface area contributed by atoms with E-state index in [0.29, 0.717) is 6.61 Å². The summed E-state index contributed by atoms with van der Waals surface area (Å²) in [6, 6.07) is 1.33. The monoisotopic (exact) mass is 104 g/mol. The van der Waals surface area contributed by atoms with Crippen LogP contribution in [0.2, 0.25) is 6.04 Å². The highest BCUT2D eigenvalue weighted by Crippen LogP contribution is 1.87. The zero-order valence-corrected chi connectivity index (χ0v) is 6.28. The van der Waals surface area contributed by atoms with Crippen molar-refractivity contribution >= 4 is 10.2 Å². The van der Waals surface area contributed by atoms with Gasteiger partial charge >= 0.3 is 0 Å². The molecule has 2 heteroatoms. The molecule has 0 rings (SSSR count). The number of unbranched alkanes of at least 4 members (excludes halogenated alkanes) is 1. The zero-order valence-electron chi connectivity index (χ0n) is 4.28. The van der Waals surface area contributed by atoms with Crippen LogP contribution < -0.4 is 0 Å². The lowest BCUT2D eigenvalue weighted by Gasteiger charge is -1.85. The van der Waals surface area contributed by atoms with E-state index in [0.717, 1.165) is 6.42 Å². The van der Waals surface area contributed by atoms with Crippen LogP contribution >= 0.6 is 0 Å². The summed E-state index contributed by atoms with van der Waals surface area (Å²) in [6.07, 6.45) is 2.23. The molecule has 0 aliphatic heterocycles. The predicted molar refractivity (Wildman–Crippen MR) is 31.1 cm³/mol. The van der Waals surface area contributed by atoms with Gasteiger partial charge in [-0.25, -0.2) is 0 Å². The lowest BCUT2D eigenvalue weighted by Crippen LogP contribution is -1.79. The molecular formula is C4H12OSi. The van der Waals surface area contributed by atoms with Crippen molar-refractivity contribution in [3.8, 4) is 0 Å². The number of aliphatic hydroxyl groups is 1. The van der Waals surface area contributed by atoms with E-state index in [1.165, 1.54) is 22.7 Å². The quantitative estimate of drug-likeness (QED) is 0.379. The average Bonchev–Trinajstić information content (AvgIpc) is 1.61. The molecule has 0 aliphatic rings. The molecule has 0 bridgehead atoms. The average molecular weight is 104 g/mol. The number of hydrogen-bond donors (Lipinski definition) is 1. The second kappa shape index (κ2) is 5.18. The van der Waals surface area contributed by atoms with Crippen LogP contribution in [0.5, 0.6) is 0 Å². The normalized spacial score (nSPS) is 9.50. The van der Waals surface area contributed by atoms with Crippen molar-refractivity contribution in [3.63, 3.8) is 0 Å². The van der Waals surface area contributed by atoms with E-state index in [1.807, 2.05) is 0 Å². The number of aliphatic hydroxyl groups excluding tert-OH is 1. The maximum atomic E-state index is 8.21. The molecule has 0 heterocycles. The van der Waals surface area contributed by atoms with E-state index in [-0.39, 0.29) is 0 Å². The first-order chi connectivity index (χ1) is 2.91. The molecule has 0 spiro atoms. The smallest absolute Gasteiger partial charge is 0.0430 e. The van der Waals surface area contributed by atoms with Gasteiger partial charge in [0.25, 0.3) is 0 Å². The third-order valence-electron chi connectivity index (χ3n) is 0.762. The van der Waals surface area contributed by atoms with Crippen molar-refractivity contribution in [1.29, 1.82) is 0 Å². The van der Waals surface area contributed by atoms with Gasteiger partial charge in [-0.15, -0.1) is 0 Å². The van der Waals surface area contributed by atoms with Crippen LogP contribution in [0.3, 0.4) is 0 Å². The van der Waals surface area contributed by atoms with Gasteiger partial charge in [0.05, 0.1) is 0 Å². The summed E-state index contributed by atoms with van der Waals surface area (Å²) in [6.45, 7) is 0.377. The third kappa shape index (κ3) is 4.18. The van der Waals surface area contributed by atoms with Gasteiger partial charge in [0, 0.05) is 16.8 Å². The molecule has 0 fully saturated rings. The number of hydrogen-bond acceptors (Lipinski definition) is 1. The summed E-state index contributed by atoms with van der Waals surface area (Å²) in [4.78, 5) is 0. The first-order valence-electron chi connectivity index (χ1n) is 2.52. The Balaban J connectivity index is 2.34. The minimum absolute atomic E-state index is 0.377. The van der Waals surface area contributed by atoms with Crippen LogP contribution in [0.15, 0.2) is 0 Å². The zero-order chi connectivity index (χ0) is 4.83. The van der Waals surface area contributed by atoms with E-state index in [1.54, 1.807) is 0 Å². The van der Waals surface area contributed by atoms with Crippen molar-refractivity contribution in [2.75, 3.05) is 6.61 Å². The first kappa shape index (κ1) is 6.18. The lowest BCUT2D eigenvalue weighted by molar-refractivity contribution is 0.287. The molecule has 0 aromatic heterocycles. The molecule has 38 valence electrons. The molecule has 0 saturated carbocycles. The van der Waals surface area contributed by atoms with Crippen molar-refractivity contribution in [3.05, 3.63) is 0 Å². The van der Waals surface area contributed by atoms with E-state index in [4.69, 9.17) is 5.11 Å². The fraction of sp³-hybridized carbons (Fsp3) is 1.00. The first-order valence-corrected chi connectivity index (χ1v) is 3.94. The van der Waals surface area contributed by atoms with Gasteiger partial charge < -0.3 is 5.11 Å². The molecule has 0 atom stereocenters. The van der Waals surface area contributed by atoms with Crippen molar-refractivity contribution in [1.82, 2.24) is 0 Å². The molecule has 0 saturated heterocycles. The Labute approximate surface area is 41.8 Å². The van der Waals surface area contributed by atoms with E-state index >= 15 is 0 Å². The van der Waals surface area contributed by atoms with Crippen LogP contribution in [0.4, 0.5) is 0 Å². The maximum absolute atomic E-state index is 8.21. The topological polar surface area (TPSA) is 20.2 Å². The summed E-state index contributed by atoms with van der Waals surface area (Å²) in [5.41, 5.74) is 0. The Morgan fingerprint density at radius 2 is 2.00 bits per heavy atom. The largest absolute Gasteiger partial charge is 0.396 e. The molecular weight excluding hydrogens is 92.1 g/mol. The fourth-order valence-corrected chi connectivity index (χ4v) is 0.862. The van der Waals surface area contributed by atoms with Crippen molar-refractivity contribution in [2.24, 2.45) is 0 Å². The van der Waals surface area contributed by atoms with Crippen LogP contribution in [0.25, 0.3) is 0 Å². The molecule has 0 aromatic rings. The molecule has 0 unspecified atom stereocenters. The van der Waals surface area contributed by atoms with Gasteiger partial charge in [-0.1, -0.05) is 12.5 Å². The minimum atomic E-state index is 0.377. The molecule has 0 aliphatic carbocycles. The van der Waals surface area contributed by atoms with E-state index < -0.39 is 0 Å². The SMILES string of the molecule is OCCCC[SiH3]. The van der Waals surface area contributed by atoms with E-state index in [2.05, 4.69) is 0 Å². The second-order valence-electron chi connectivity index (χ2n) is 1.43. The third-order valence-corrected chi connectivity index (χ3v) is 1.47. The van der Waals surface area contributed by atoms with E-state index in [9.17, 15) is 0 Å². The van der Waals surface area contributed by atoms with Gasteiger partial charge in [0.2, 0.25) is 0 Å². The second-order valence-corrected chi connectivity index (χ2v) is 2.43. The standard InChI is InChI=1S/C4H12OSi/c5-3-1-2-4-6/h5H,1-4H2,6H3. The highest BCUT2D eigenvalue weighted by molar-refractivity contribution is 6.08. The highest BCUT2D eigenvalue weighted by atomic mass is 28.1. The van der Waals surface area contributed by atoms with Gasteiger partial charge in [-0.2, -0.15) is 0 Å².